The van der Waals surface area contributed by atoms with Gasteiger partial charge in [-0.15, -0.1) is 0 Å². The lowest BCUT2D eigenvalue weighted by atomic mass is 9.69. The van der Waals surface area contributed by atoms with Gasteiger partial charge in [-0.1, -0.05) is 196 Å². The molecule has 0 heterocycles. The molecule has 1 spiro atoms. The molecule has 15 rings (SSSR count). The van der Waals surface area contributed by atoms with E-state index in [1.54, 1.807) is 5.56 Å². The minimum atomic E-state index is -0.446. The molecule has 2 fully saturated rings. The molecule has 0 amide bonds. The van der Waals surface area contributed by atoms with Crippen LogP contribution >= 0.6 is 0 Å². The van der Waals surface area contributed by atoms with Crippen molar-refractivity contribution in [3.8, 4) is 55.6 Å². The van der Waals surface area contributed by atoms with Gasteiger partial charge < -0.3 is 4.90 Å². The Morgan fingerprint density at radius 1 is 0.371 bits per heavy atom. The maximum atomic E-state index is 2.69. The Morgan fingerprint density at radius 2 is 0.871 bits per heavy atom. The van der Waals surface area contributed by atoms with Gasteiger partial charge in [-0.05, 0) is 185 Å². The quantitative estimate of drug-likeness (QED) is 0.161. The molecule has 334 valence electrons. The minimum absolute atomic E-state index is 0.0840. The Hall–Kier alpha value is -7.74. The molecule has 0 atom stereocenters. The van der Waals surface area contributed by atoms with Crippen LogP contribution in [-0.4, -0.2) is 0 Å². The molecule has 0 unspecified atom stereocenters. The number of benzene rings is 10. The number of nitrogens with zero attached hydrogens (tertiary/aromatic N) is 1. The van der Waals surface area contributed by atoms with Gasteiger partial charge in [0.15, 0.2) is 0 Å². The topological polar surface area (TPSA) is 3.24 Å². The molecule has 1 nitrogen and oxygen atoms in total. The lowest BCUT2D eigenvalue weighted by Crippen LogP contribution is -2.27. The fraction of sp³-hybridized carbons (Fsp3) is 0.159. The van der Waals surface area contributed by atoms with Gasteiger partial charge >= 0.3 is 0 Å². The zero-order valence-corrected chi connectivity index (χ0v) is 39.8. The molecule has 2 bridgehead atoms. The lowest BCUT2D eigenvalue weighted by Gasteiger charge is -2.34. The molecule has 70 heavy (non-hydrogen) atoms. The first-order chi connectivity index (χ1) is 34.4. The second-order valence-electron chi connectivity index (χ2n) is 21.6. The first-order valence-corrected chi connectivity index (χ1v) is 25.6. The number of rotatable bonds is 6. The van der Waals surface area contributed by atoms with Crippen molar-refractivity contribution < 1.29 is 0 Å². The third kappa shape index (κ3) is 5.44. The molecule has 0 N–H and O–H groups in total. The van der Waals surface area contributed by atoms with E-state index in [9.17, 15) is 0 Å². The van der Waals surface area contributed by atoms with Crippen LogP contribution in [0.5, 0.6) is 0 Å². The molecule has 0 saturated heterocycles. The summed E-state index contributed by atoms with van der Waals surface area (Å²) < 4.78 is 0. The molecule has 5 aliphatic rings. The van der Waals surface area contributed by atoms with Crippen LogP contribution in [0.3, 0.4) is 0 Å². The van der Waals surface area contributed by atoms with E-state index in [1.165, 1.54) is 132 Å². The maximum absolute atomic E-state index is 2.69. The average molecular weight is 896 g/mol. The van der Waals surface area contributed by atoms with Crippen molar-refractivity contribution in [1.29, 1.82) is 0 Å². The zero-order valence-electron chi connectivity index (χ0n) is 39.8. The Labute approximate surface area is 411 Å². The number of fused-ring (bicyclic) bond motifs is 16. The fourth-order valence-electron chi connectivity index (χ4n) is 14.7. The van der Waals surface area contributed by atoms with Crippen LogP contribution in [0, 0.1) is 5.92 Å². The van der Waals surface area contributed by atoms with Gasteiger partial charge in [-0.3, -0.25) is 0 Å². The first kappa shape index (κ1) is 40.2. The monoisotopic (exact) mass is 895 g/mol. The van der Waals surface area contributed by atoms with Crippen LogP contribution in [0.2, 0.25) is 0 Å². The third-order valence-corrected chi connectivity index (χ3v) is 17.9. The fourth-order valence-corrected chi connectivity index (χ4v) is 14.7. The number of hydrogen-bond donors (Lipinski definition) is 0. The first-order valence-electron chi connectivity index (χ1n) is 25.6. The van der Waals surface area contributed by atoms with E-state index in [4.69, 9.17) is 0 Å². The second-order valence-corrected chi connectivity index (χ2v) is 21.6. The summed E-state index contributed by atoms with van der Waals surface area (Å²) in [6.45, 7) is 4.75. The Kier molecular flexibility index (Phi) is 8.40. The van der Waals surface area contributed by atoms with Gasteiger partial charge in [0.25, 0.3) is 0 Å². The summed E-state index contributed by atoms with van der Waals surface area (Å²) in [5.41, 5.74) is 26.2. The van der Waals surface area contributed by atoms with Gasteiger partial charge in [-0.2, -0.15) is 0 Å². The SMILES string of the molecule is CC1(C)c2ccccc2-c2cc(N(c3ccc(-c4cccc5cccc(-c6ccccc6)c45)cc3)c3ccc4c(c3)C3(c5ccccc5-c5ccccc53)c3cc(C56CCC(CC5)C6)ccc3-4)ccc21. The molecule has 10 aromatic rings. The van der Waals surface area contributed by atoms with E-state index >= 15 is 0 Å². The average Bonchev–Trinajstić information content (AvgIpc) is 4.22. The van der Waals surface area contributed by atoms with Gasteiger partial charge in [0.05, 0.1) is 5.41 Å². The van der Waals surface area contributed by atoms with E-state index in [1.807, 2.05) is 0 Å². The van der Waals surface area contributed by atoms with Crippen molar-refractivity contribution in [3.63, 3.8) is 0 Å². The molecule has 0 radical (unpaired) electrons. The summed E-state index contributed by atoms with van der Waals surface area (Å²) in [7, 11) is 0. The standard InChI is InChI=1S/C69H53N/c1-67(2)60-23-9-6-20-56(60)59-41-50(32-35-61(59)67)70(49-29-26-46(27-30-49)53-22-13-17-47-16-12-21-52(66(47)53)45-14-4-3-5-15-45)51-31-34-58-57-33-28-48(68-38-36-44(43-68)37-39-68)40-64(57)69(65(58)42-51)62-24-10-7-18-54(62)55-19-8-11-25-63(55)69/h3-35,40-42,44H,36-39,43H2,1-2H3. The van der Waals surface area contributed by atoms with Crippen LogP contribution in [0.1, 0.15) is 84.9 Å². The molecular formula is C69H53N. The molecule has 0 aliphatic heterocycles. The van der Waals surface area contributed by atoms with Crippen LogP contribution in [-0.2, 0) is 16.2 Å². The predicted octanol–water partition coefficient (Wildman–Crippen LogP) is 18.1. The van der Waals surface area contributed by atoms with Gasteiger partial charge in [0, 0.05) is 22.5 Å². The van der Waals surface area contributed by atoms with Gasteiger partial charge in [0.1, 0.15) is 0 Å². The van der Waals surface area contributed by atoms with Crippen LogP contribution in [0.4, 0.5) is 17.1 Å². The van der Waals surface area contributed by atoms with Crippen molar-refractivity contribution in [2.75, 3.05) is 4.90 Å². The van der Waals surface area contributed by atoms with Crippen molar-refractivity contribution in [1.82, 2.24) is 0 Å². The molecule has 1 heteroatoms. The summed E-state index contributed by atoms with van der Waals surface area (Å²) in [6.07, 6.45) is 6.72. The third-order valence-electron chi connectivity index (χ3n) is 17.9. The summed E-state index contributed by atoms with van der Waals surface area (Å²) >= 11 is 0. The van der Waals surface area contributed by atoms with Crippen molar-refractivity contribution in [3.05, 3.63) is 257 Å². The van der Waals surface area contributed by atoms with Crippen LogP contribution < -0.4 is 4.90 Å². The zero-order chi connectivity index (χ0) is 46.3. The van der Waals surface area contributed by atoms with E-state index in [-0.39, 0.29) is 5.41 Å². The highest BCUT2D eigenvalue weighted by molar-refractivity contribution is 6.06. The highest BCUT2D eigenvalue weighted by Crippen LogP contribution is 2.65. The maximum Gasteiger partial charge on any atom is 0.0726 e. The van der Waals surface area contributed by atoms with Crippen molar-refractivity contribution in [2.45, 2.75) is 62.2 Å². The van der Waals surface area contributed by atoms with Gasteiger partial charge in [-0.25, -0.2) is 0 Å². The molecule has 10 aromatic carbocycles. The predicted molar refractivity (Wildman–Crippen MR) is 292 cm³/mol. The molecule has 0 aromatic heterocycles. The van der Waals surface area contributed by atoms with Crippen LogP contribution in [0.15, 0.2) is 218 Å². The lowest BCUT2D eigenvalue weighted by molar-refractivity contribution is 0.418. The highest BCUT2D eigenvalue weighted by Gasteiger charge is 2.53. The summed E-state index contributed by atoms with van der Waals surface area (Å²) in [4.78, 5) is 2.53. The van der Waals surface area contributed by atoms with E-state index in [0.29, 0.717) is 5.41 Å². The Balaban J connectivity index is 0.946. The Bertz CT molecular complexity index is 3740. The largest absolute Gasteiger partial charge is 0.310 e. The summed E-state index contributed by atoms with van der Waals surface area (Å²) in [6, 6.07) is 83.6. The summed E-state index contributed by atoms with van der Waals surface area (Å²) in [5, 5.41) is 2.53. The molecule has 2 saturated carbocycles. The van der Waals surface area contributed by atoms with E-state index in [0.717, 1.165) is 23.0 Å². The second kappa shape index (κ2) is 14.6. The Morgan fingerprint density at radius 3 is 1.53 bits per heavy atom. The van der Waals surface area contributed by atoms with Crippen LogP contribution in [0.25, 0.3) is 66.4 Å². The molecule has 5 aliphatic carbocycles. The van der Waals surface area contributed by atoms with E-state index in [2.05, 4.69) is 237 Å². The smallest absolute Gasteiger partial charge is 0.0726 e. The summed E-state index contributed by atoms with van der Waals surface area (Å²) in [5.74, 6) is 0.882. The molecular weight excluding hydrogens is 843 g/mol. The van der Waals surface area contributed by atoms with Crippen molar-refractivity contribution in [2.24, 2.45) is 5.92 Å². The number of anilines is 3. The van der Waals surface area contributed by atoms with Crippen molar-refractivity contribution >= 4 is 27.8 Å². The van der Waals surface area contributed by atoms with E-state index < -0.39 is 5.41 Å². The minimum Gasteiger partial charge on any atom is -0.310 e. The number of hydrogen-bond acceptors (Lipinski definition) is 1. The van der Waals surface area contributed by atoms with Gasteiger partial charge in [0.2, 0.25) is 0 Å². The highest BCUT2D eigenvalue weighted by atomic mass is 15.1. The normalized spacial score (nSPS) is 18.9.